The van der Waals surface area contributed by atoms with Crippen molar-refractivity contribution >= 4 is 5.84 Å². The standard InChI is InChI=1S/C11H14N2/c1-8-9(2)13-11(12-8)10-6-4-3-5-7-10/h3-9H,1-2H3,(H,12,13)/t8-,9-/m0/s1. The van der Waals surface area contributed by atoms with Crippen molar-refractivity contribution in [1.82, 2.24) is 5.32 Å². The molecule has 0 spiro atoms. The smallest absolute Gasteiger partial charge is 0.128 e. The van der Waals surface area contributed by atoms with Crippen molar-refractivity contribution in [3.63, 3.8) is 0 Å². The zero-order valence-electron chi connectivity index (χ0n) is 7.99. The molecule has 0 radical (unpaired) electrons. The van der Waals surface area contributed by atoms with Gasteiger partial charge < -0.3 is 5.32 Å². The maximum absolute atomic E-state index is 4.55. The Balaban J connectivity index is 2.25. The molecule has 2 atom stereocenters. The molecule has 1 aliphatic heterocycles. The van der Waals surface area contributed by atoms with Crippen LogP contribution in [0.3, 0.4) is 0 Å². The average molecular weight is 174 g/mol. The lowest BCUT2D eigenvalue weighted by molar-refractivity contribution is 0.601. The minimum atomic E-state index is 0.384. The van der Waals surface area contributed by atoms with Gasteiger partial charge >= 0.3 is 0 Å². The average Bonchev–Trinajstić information content (AvgIpc) is 2.49. The fraction of sp³-hybridized carbons (Fsp3) is 0.364. The predicted molar refractivity (Wildman–Crippen MR) is 55.0 cm³/mol. The molecule has 0 fully saturated rings. The van der Waals surface area contributed by atoms with Gasteiger partial charge in [-0.15, -0.1) is 0 Å². The van der Waals surface area contributed by atoms with Crippen LogP contribution in [-0.2, 0) is 0 Å². The Morgan fingerprint density at radius 3 is 2.38 bits per heavy atom. The molecule has 1 aromatic carbocycles. The molecule has 0 unspecified atom stereocenters. The molecule has 0 saturated carbocycles. The predicted octanol–water partition coefficient (Wildman–Crippen LogP) is 1.81. The maximum atomic E-state index is 4.55. The van der Waals surface area contributed by atoms with Gasteiger partial charge in [0.05, 0.1) is 6.04 Å². The second kappa shape index (κ2) is 3.21. The lowest BCUT2D eigenvalue weighted by atomic mass is 10.2. The highest BCUT2D eigenvalue weighted by Crippen LogP contribution is 2.10. The van der Waals surface area contributed by atoms with Gasteiger partial charge in [0, 0.05) is 11.6 Å². The van der Waals surface area contributed by atoms with E-state index in [4.69, 9.17) is 0 Å². The molecule has 13 heavy (non-hydrogen) atoms. The molecule has 1 aliphatic rings. The summed E-state index contributed by atoms with van der Waals surface area (Å²) in [6.45, 7) is 4.29. The third-order valence-electron chi connectivity index (χ3n) is 2.47. The third kappa shape index (κ3) is 1.57. The number of nitrogens with one attached hydrogen (secondary N) is 1. The van der Waals surface area contributed by atoms with Crippen LogP contribution < -0.4 is 5.32 Å². The third-order valence-corrected chi connectivity index (χ3v) is 2.47. The minimum Gasteiger partial charge on any atom is -0.365 e. The number of rotatable bonds is 1. The Labute approximate surface area is 78.7 Å². The van der Waals surface area contributed by atoms with Gasteiger partial charge in [-0.3, -0.25) is 4.99 Å². The van der Waals surface area contributed by atoms with Gasteiger partial charge in [0.15, 0.2) is 0 Å². The second-order valence-electron chi connectivity index (χ2n) is 3.52. The summed E-state index contributed by atoms with van der Waals surface area (Å²) in [6, 6.07) is 11.1. The van der Waals surface area contributed by atoms with Gasteiger partial charge in [-0.1, -0.05) is 30.3 Å². The Morgan fingerprint density at radius 1 is 1.15 bits per heavy atom. The van der Waals surface area contributed by atoms with Gasteiger partial charge in [0.1, 0.15) is 5.84 Å². The van der Waals surface area contributed by atoms with Crippen LogP contribution in [0.1, 0.15) is 19.4 Å². The number of nitrogens with zero attached hydrogens (tertiary/aromatic N) is 1. The van der Waals surface area contributed by atoms with Crippen LogP contribution in [0.2, 0.25) is 0 Å². The summed E-state index contributed by atoms with van der Waals surface area (Å²) in [5.74, 6) is 1.03. The number of amidine groups is 1. The molecule has 2 heteroatoms. The molecule has 0 amide bonds. The molecule has 0 bridgehead atoms. The van der Waals surface area contributed by atoms with Crippen molar-refractivity contribution in [2.24, 2.45) is 4.99 Å². The summed E-state index contributed by atoms with van der Waals surface area (Å²) in [6.07, 6.45) is 0. The zero-order valence-corrected chi connectivity index (χ0v) is 7.99. The quantitative estimate of drug-likeness (QED) is 0.690. The van der Waals surface area contributed by atoms with Gasteiger partial charge in [0.2, 0.25) is 0 Å². The van der Waals surface area contributed by atoms with Crippen LogP contribution in [0.25, 0.3) is 0 Å². The molecule has 1 N–H and O–H groups in total. The van der Waals surface area contributed by atoms with Crippen LogP contribution in [0.4, 0.5) is 0 Å². The van der Waals surface area contributed by atoms with E-state index in [9.17, 15) is 0 Å². The second-order valence-corrected chi connectivity index (χ2v) is 3.52. The van der Waals surface area contributed by atoms with E-state index in [1.165, 1.54) is 5.56 Å². The lowest BCUT2D eigenvalue weighted by Crippen LogP contribution is -2.30. The van der Waals surface area contributed by atoms with Gasteiger partial charge in [-0.05, 0) is 13.8 Å². The topological polar surface area (TPSA) is 24.4 Å². The van der Waals surface area contributed by atoms with Crippen molar-refractivity contribution in [2.75, 3.05) is 0 Å². The number of benzene rings is 1. The summed E-state index contributed by atoms with van der Waals surface area (Å²) in [5.41, 5.74) is 1.18. The fourth-order valence-corrected chi connectivity index (χ4v) is 1.44. The van der Waals surface area contributed by atoms with E-state index in [-0.39, 0.29) is 0 Å². The van der Waals surface area contributed by atoms with E-state index in [0.29, 0.717) is 12.1 Å². The molecule has 2 rings (SSSR count). The first-order valence-corrected chi connectivity index (χ1v) is 4.67. The van der Waals surface area contributed by atoms with Gasteiger partial charge in [-0.25, -0.2) is 0 Å². The molecular formula is C11H14N2. The molecule has 0 aromatic heterocycles. The molecule has 1 heterocycles. The summed E-state index contributed by atoms with van der Waals surface area (Å²) < 4.78 is 0. The summed E-state index contributed by atoms with van der Waals surface area (Å²) in [4.78, 5) is 4.55. The Kier molecular flexibility index (Phi) is 2.05. The maximum Gasteiger partial charge on any atom is 0.128 e. The highest BCUT2D eigenvalue weighted by Gasteiger charge is 2.20. The minimum absolute atomic E-state index is 0.384. The van der Waals surface area contributed by atoms with E-state index in [1.807, 2.05) is 18.2 Å². The van der Waals surface area contributed by atoms with Gasteiger partial charge in [-0.2, -0.15) is 0 Å². The van der Waals surface area contributed by atoms with E-state index >= 15 is 0 Å². The molecule has 0 saturated heterocycles. The monoisotopic (exact) mass is 174 g/mol. The van der Waals surface area contributed by atoms with Crippen LogP contribution in [-0.4, -0.2) is 17.9 Å². The molecule has 68 valence electrons. The number of hydrogen-bond acceptors (Lipinski definition) is 2. The molecule has 2 nitrogen and oxygen atoms in total. The lowest BCUT2D eigenvalue weighted by Gasteiger charge is -2.07. The van der Waals surface area contributed by atoms with Crippen molar-refractivity contribution < 1.29 is 0 Å². The first-order valence-electron chi connectivity index (χ1n) is 4.67. The SMILES string of the molecule is C[C@@H]1N=C(c2ccccc2)N[C@H]1C. The van der Waals surface area contributed by atoms with Crippen molar-refractivity contribution in [1.29, 1.82) is 0 Å². The van der Waals surface area contributed by atoms with Crippen LogP contribution in [0, 0.1) is 0 Å². The molecule has 1 aromatic rings. The van der Waals surface area contributed by atoms with E-state index in [1.54, 1.807) is 0 Å². The van der Waals surface area contributed by atoms with Crippen LogP contribution in [0.15, 0.2) is 35.3 Å². The van der Waals surface area contributed by atoms with E-state index in [0.717, 1.165) is 5.84 Å². The zero-order chi connectivity index (χ0) is 9.26. The first-order chi connectivity index (χ1) is 6.27. The normalized spacial score (nSPS) is 26.8. The van der Waals surface area contributed by atoms with Crippen LogP contribution >= 0.6 is 0 Å². The first kappa shape index (κ1) is 8.30. The summed E-state index contributed by atoms with van der Waals surface area (Å²) >= 11 is 0. The van der Waals surface area contributed by atoms with E-state index < -0.39 is 0 Å². The van der Waals surface area contributed by atoms with Crippen LogP contribution in [0.5, 0.6) is 0 Å². The summed E-state index contributed by atoms with van der Waals surface area (Å²) in [5, 5.41) is 3.37. The van der Waals surface area contributed by atoms with Crippen molar-refractivity contribution in [3.8, 4) is 0 Å². The number of aliphatic imine (C=N–C) groups is 1. The Hall–Kier alpha value is -1.31. The molecular weight excluding hydrogens is 160 g/mol. The van der Waals surface area contributed by atoms with Crippen molar-refractivity contribution in [3.05, 3.63) is 35.9 Å². The summed E-state index contributed by atoms with van der Waals surface area (Å²) in [7, 11) is 0. The Bertz CT molecular complexity index is 316. The largest absolute Gasteiger partial charge is 0.365 e. The highest BCUT2D eigenvalue weighted by molar-refractivity contribution is 6.00. The van der Waals surface area contributed by atoms with Gasteiger partial charge in [0.25, 0.3) is 0 Å². The number of hydrogen-bond donors (Lipinski definition) is 1. The molecule has 0 aliphatic carbocycles. The van der Waals surface area contributed by atoms with Crippen molar-refractivity contribution in [2.45, 2.75) is 25.9 Å². The fourth-order valence-electron chi connectivity index (χ4n) is 1.44. The highest BCUT2D eigenvalue weighted by atomic mass is 15.1. The Morgan fingerprint density at radius 2 is 1.85 bits per heavy atom. The van der Waals surface area contributed by atoms with E-state index in [2.05, 4.69) is 36.3 Å².